The van der Waals surface area contributed by atoms with Crippen LogP contribution in [-0.4, -0.2) is 22.6 Å². The molecule has 0 aliphatic rings. The predicted molar refractivity (Wildman–Crippen MR) is 84.4 cm³/mol. The van der Waals surface area contributed by atoms with Crippen molar-refractivity contribution in [3.8, 4) is 0 Å². The zero-order valence-electron chi connectivity index (χ0n) is 12.6. The number of aromatic nitrogens is 1. The second-order valence-corrected chi connectivity index (χ2v) is 4.94. The molecule has 0 atom stereocenters. The second-order valence-electron chi connectivity index (χ2n) is 4.94. The highest BCUT2D eigenvalue weighted by Crippen LogP contribution is 2.25. The Balaban J connectivity index is 2.48. The van der Waals surface area contributed by atoms with Gasteiger partial charge in [0.15, 0.2) is 0 Å². The Labute approximate surface area is 125 Å². The molecule has 1 N–H and O–H groups in total. The molecule has 0 amide bonds. The molecule has 21 heavy (non-hydrogen) atoms. The molecule has 0 aliphatic heterocycles. The largest absolute Gasteiger partial charge is 0.478 e. The van der Waals surface area contributed by atoms with Crippen LogP contribution in [0.5, 0.6) is 0 Å². The second kappa shape index (κ2) is 6.39. The summed E-state index contributed by atoms with van der Waals surface area (Å²) in [6, 6.07) is 11.4. The molecule has 0 radical (unpaired) electrons. The highest BCUT2D eigenvalue weighted by Gasteiger charge is 2.13. The minimum absolute atomic E-state index is 0.280. The fraction of sp³-hybridized carbons (Fsp3) is 0.294. The third kappa shape index (κ3) is 3.40. The Morgan fingerprint density at radius 3 is 2.38 bits per heavy atom. The standard InChI is InChI=1S/C17H20N2O2/c1-4-14-10-13(17(20)21)11-16(18-14)19(5-2)15-8-6-12(3)7-9-15/h6-11H,4-5H2,1-3H3,(H,20,21). The number of pyridine rings is 1. The maximum atomic E-state index is 11.3. The van der Waals surface area contributed by atoms with Gasteiger partial charge in [0.25, 0.3) is 0 Å². The number of aromatic carboxylic acids is 1. The van der Waals surface area contributed by atoms with Gasteiger partial charge in [-0.05, 0) is 44.5 Å². The molecule has 4 heteroatoms. The number of aryl methyl sites for hydroxylation is 2. The summed E-state index contributed by atoms with van der Waals surface area (Å²) < 4.78 is 0. The number of nitrogens with zero attached hydrogens (tertiary/aromatic N) is 2. The molecule has 0 fully saturated rings. The van der Waals surface area contributed by atoms with E-state index in [4.69, 9.17) is 0 Å². The van der Waals surface area contributed by atoms with Crippen LogP contribution in [0.25, 0.3) is 0 Å². The molecule has 0 saturated heterocycles. The number of carboxylic acids is 1. The Hall–Kier alpha value is -2.36. The zero-order chi connectivity index (χ0) is 15.4. The first-order valence-corrected chi connectivity index (χ1v) is 7.13. The lowest BCUT2D eigenvalue weighted by Gasteiger charge is -2.23. The van der Waals surface area contributed by atoms with Gasteiger partial charge < -0.3 is 10.0 Å². The Morgan fingerprint density at radius 2 is 1.86 bits per heavy atom. The first-order valence-electron chi connectivity index (χ1n) is 7.13. The summed E-state index contributed by atoms with van der Waals surface area (Å²) >= 11 is 0. The number of anilines is 2. The van der Waals surface area contributed by atoms with Crippen molar-refractivity contribution in [1.29, 1.82) is 0 Å². The lowest BCUT2D eigenvalue weighted by atomic mass is 10.1. The topological polar surface area (TPSA) is 53.4 Å². The van der Waals surface area contributed by atoms with Gasteiger partial charge in [0.05, 0.1) is 5.56 Å². The van der Waals surface area contributed by atoms with Crippen LogP contribution in [0.15, 0.2) is 36.4 Å². The molecule has 0 bridgehead atoms. The molecular weight excluding hydrogens is 264 g/mol. The van der Waals surface area contributed by atoms with Gasteiger partial charge >= 0.3 is 5.97 Å². The van der Waals surface area contributed by atoms with Gasteiger partial charge in [0, 0.05) is 17.9 Å². The van der Waals surface area contributed by atoms with E-state index in [0.29, 0.717) is 12.2 Å². The zero-order valence-corrected chi connectivity index (χ0v) is 12.6. The molecule has 4 nitrogen and oxygen atoms in total. The normalized spacial score (nSPS) is 10.4. The van der Waals surface area contributed by atoms with E-state index < -0.39 is 5.97 Å². The summed E-state index contributed by atoms with van der Waals surface area (Å²) in [5.41, 5.74) is 3.27. The quantitative estimate of drug-likeness (QED) is 0.907. The molecule has 1 aromatic heterocycles. The number of hydrogen-bond donors (Lipinski definition) is 1. The Morgan fingerprint density at radius 1 is 1.19 bits per heavy atom. The average Bonchev–Trinajstić information content (AvgIpc) is 2.49. The van der Waals surface area contributed by atoms with Gasteiger partial charge in [-0.3, -0.25) is 0 Å². The van der Waals surface area contributed by atoms with Gasteiger partial charge in [-0.15, -0.1) is 0 Å². The van der Waals surface area contributed by atoms with Crippen LogP contribution in [0, 0.1) is 6.92 Å². The average molecular weight is 284 g/mol. The SMILES string of the molecule is CCc1cc(C(=O)O)cc(N(CC)c2ccc(C)cc2)n1. The van der Waals surface area contributed by atoms with E-state index in [-0.39, 0.29) is 5.56 Å². The lowest BCUT2D eigenvalue weighted by molar-refractivity contribution is 0.0696. The molecule has 0 saturated carbocycles. The minimum atomic E-state index is -0.923. The smallest absolute Gasteiger partial charge is 0.335 e. The van der Waals surface area contributed by atoms with E-state index in [1.54, 1.807) is 12.1 Å². The van der Waals surface area contributed by atoms with Crippen molar-refractivity contribution in [2.24, 2.45) is 0 Å². The molecule has 110 valence electrons. The van der Waals surface area contributed by atoms with Crippen LogP contribution >= 0.6 is 0 Å². The van der Waals surface area contributed by atoms with Gasteiger partial charge in [-0.25, -0.2) is 9.78 Å². The van der Waals surface area contributed by atoms with Crippen LogP contribution in [0.2, 0.25) is 0 Å². The number of carbonyl (C=O) groups is 1. The van der Waals surface area contributed by atoms with Gasteiger partial charge in [-0.1, -0.05) is 24.6 Å². The molecule has 0 unspecified atom stereocenters. The fourth-order valence-corrected chi connectivity index (χ4v) is 2.22. The third-order valence-corrected chi connectivity index (χ3v) is 3.41. The summed E-state index contributed by atoms with van der Waals surface area (Å²) in [6.45, 7) is 6.77. The first kappa shape index (κ1) is 15.0. The third-order valence-electron chi connectivity index (χ3n) is 3.41. The van der Waals surface area contributed by atoms with Crippen LogP contribution in [0.4, 0.5) is 11.5 Å². The van der Waals surface area contributed by atoms with E-state index in [9.17, 15) is 9.90 Å². The molecular formula is C17H20N2O2. The van der Waals surface area contributed by atoms with E-state index in [0.717, 1.165) is 17.9 Å². The first-order chi connectivity index (χ1) is 10.0. The van der Waals surface area contributed by atoms with Crippen molar-refractivity contribution in [1.82, 2.24) is 4.98 Å². The van der Waals surface area contributed by atoms with Gasteiger partial charge in [-0.2, -0.15) is 0 Å². The monoisotopic (exact) mass is 284 g/mol. The summed E-state index contributed by atoms with van der Waals surface area (Å²) in [6.07, 6.45) is 0.708. The van der Waals surface area contributed by atoms with Gasteiger partial charge in [0.2, 0.25) is 0 Å². The number of carboxylic acid groups (broad SMARTS) is 1. The lowest BCUT2D eigenvalue weighted by Crippen LogP contribution is -2.18. The molecule has 0 aliphatic carbocycles. The van der Waals surface area contributed by atoms with Crippen LogP contribution in [-0.2, 0) is 6.42 Å². The Bertz CT molecular complexity index is 636. The fourth-order valence-electron chi connectivity index (χ4n) is 2.22. The summed E-state index contributed by atoms with van der Waals surface area (Å²) in [4.78, 5) is 17.9. The molecule has 1 aromatic carbocycles. The van der Waals surface area contributed by atoms with Crippen molar-refractivity contribution in [3.05, 3.63) is 53.2 Å². The Kier molecular flexibility index (Phi) is 4.58. The van der Waals surface area contributed by atoms with E-state index in [2.05, 4.69) is 4.98 Å². The van der Waals surface area contributed by atoms with Gasteiger partial charge in [0.1, 0.15) is 5.82 Å². The predicted octanol–water partition coefficient (Wildman–Crippen LogP) is 3.81. The van der Waals surface area contributed by atoms with Crippen molar-refractivity contribution in [2.45, 2.75) is 27.2 Å². The van der Waals surface area contributed by atoms with E-state index in [1.165, 1.54) is 5.56 Å². The van der Waals surface area contributed by atoms with Crippen molar-refractivity contribution < 1.29 is 9.90 Å². The maximum absolute atomic E-state index is 11.3. The maximum Gasteiger partial charge on any atom is 0.335 e. The summed E-state index contributed by atoms with van der Waals surface area (Å²) in [7, 11) is 0. The number of hydrogen-bond acceptors (Lipinski definition) is 3. The minimum Gasteiger partial charge on any atom is -0.478 e. The van der Waals surface area contributed by atoms with Crippen LogP contribution < -0.4 is 4.90 Å². The highest BCUT2D eigenvalue weighted by atomic mass is 16.4. The molecule has 1 heterocycles. The highest BCUT2D eigenvalue weighted by molar-refractivity contribution is 5.89. The van der Waals surface area contributed by atoms with Crippen molar-refractivity contribution >= 4 is 17.5 Å². The van der Waals surface area contributed by atoms with Crippen molar-refractivity contribution in [3.63, 3.8) is 0 Å². The van der Waals surface area contributed by atoms with E-state index >= 15 is 0 Å². The van der Waals surface area contributed by atoms with Crippen molar-refractivity contribution in [2.75, 3.05) is 11.4 Å². The molecule has 0 spiro atoms. The molecule has 2 aromatic rings. The van der Waals surface area contributed by atoms with E-state index in [1.807, 2.05) is 49.9 Å². The number of rotatable bonds is 5. The molecule has 2 rings (SSSR count). The summed E-state index contributed by atoms with van der Waals surface area (Å²) in [5.74, 6) is -0.244. The van der Waals surface area contributed by atoms with Crippen LogP contribution in [0.3, 0.4) is 0 Å². The number of benzene rings is 1. The summed E-state index contributed by atoms with van der Waals surface area (Å²) in [5, 5.41) is 9.24. The van der Waals surface area contributed by atoms with Crippen LogP contribution in [0.1, 0.15) is 35.5 Å².